The molecule has 4 N–H and O–H groups in total. The third-order valence-corrected chi connectivity index (χ3v) is 5.25. The predicted octanol–water partition coefficient (Wildman–Crippen LogP) is 2.15. The van der Waals surface area contributed by atoms with Crippen LogP contribution >= 0.6 is 0 Å². The van der Waals surface area contributed by atoms with Gasteiger partial charge in [-0.3, -0.25) is 0 Å². The number of anilines is 2. The van der Waals surface area contributed by atoms with E-state index >= 15 is 0 Å². The van der Waals surface area contributed by atoms with Gasteiger partial charge in [-0.1, -0.05) is 6.07 Å². The van der Waals surface area contributed by atoms with E-state index in [0.717, 1.165) is 12.3 Å². The number of sulfonamides is 1. The van der Waals surface area contributed by atoms with Gasteiger partial charge in [-0.2, -0.15) is 13.2 Å². The lowest BCUT2D eigenvalue weighted by atomic mass is 10.2. The molecule has 1 fully saturated rings. The van der Waals surface area contributed by atoms with E-state index in [1.807, 2.05) is 0 Å². The first kappa shape index (κ1) is 20.9. The molecule has 8 nitrogen and oxygen atoms in total. The molecule has 2 heterocycles. The number of primary sulfonamides is 1. The molecule has 2 aromatic rings. The fraction of sp³-hybridized carbons (Fsp3) is 0.294. The highest BCUT2D eigenvalue weighted by Crippen LogP contribution is 2.29. The van der Waals surface area contributed by atoms with Crippen molar-refractivity contribution in [2.75, 3.05) is 23.3 Å². The molecule has 0 spiro atoms. The number of carbonyl (C=O) groups excluding carboxylic acids is 1. The Labute approximate surface area is 165 Å². The Morgan fingerprint density at radius 1 is 1.24 bits per heavy atom. The summed E-state index contributed by atoms with van der Waals surface area (Å²) in [7, 11) is -3.89. The Bertz CT molecular complexity index is 996. The zero-order valence-electron chi connectivity index (χ0n) is 15.0. The van der Waals surface area contributed by atoms with Crippen molar-refractivity contribution in [3.05, 3.63) is 48.2 Å². The second-order valence-electron chi connectivity index (χ2n) is 6.51. The average Bonchev–Trinajstić information content (AvgIpc) is 3.09. The molecule has 3 rings (SSSR count). The van der Waals surface area contributed by atoms with Crippen molar-refractivity contribution in [1.29, 1.82) is 0 Å². The molecule has 1 aliphatic rings. The zero-order valence-corrected chi connectivity index (χ0v) is 15.8. The van der Waals surface area contributed by atoms with Gasteiger partial charge in [-0.25, -0.2) is 23.3 Å². The van der Waals surface area contributed by atoms with Gasteiger partial charge in [-0.15, -0.1) is 0 Å². The minimum absolute atomic E-state index is 0.129. The first-order chi connectivity index (χ1) is 13.5. The quantitative estimate of drug-likeness (QED) is 0.689. The number of alkyl halides is 3. The number of nitrogens with one attached hydrogen (secondary N) is 2. The molecule has 0 unspecified atom stereocenters. The number of hydrogen-bond acceptors (Lipinski definition) is 5. The van der Waals surface area contributed by atoms with E-state index in [2.05, 4.69) is 15.6 Å². The Hall–Kier alpha value is -2.86. The number of benzene rings is 1. The molecule has 29 heavy (non-hydrogen) atoms. The molecule has 0 saturated carbocycles. The van der Waals surface area contributed by atoms with Gasteiger partial charge < -0.3 is 15.5 Å². The van der Waals surface area contributed by atoms with Crippen molar-refractivity contribution in [1.82, 2.24) is 10.3 Å². The maximum Gasteiger partial charge on any atom is 0.417 e. The van der Waals surface area contributed by atoms with Crippen LogP contribution in [0.2, 0.25) is 0 Å². The van der Waals surface area contributed by atoms with Gasteiger partial charge in [0.25, 0.3) is 0 Å². The Balaban J connectivity index is 1.57. The van der Waals surface area contributed by atoms with Crippen LogP contribution in [-0.4, -0.2) is 38.6 Å². The third kappa shape index (κ3) is 5.35. The first-order valence-corrected chi connectivity index (χ1v) is 10.1. The normalized spacial score (nSPS) is 17.2. The summed E-state index contributed by atoms with van der Waals surface area (Å²) >= 11 is 0. The van der Waals surface area contributed by atoms with Crippen molar-refractivity contribution < 1.29 is 26.4 Å². The molecule has 1 aromatic heterocycles. The smallest absolute Gasteiger partial charge is 0.354 e. The molecule has 1 saturated heterocycles. The topological polar surface area (TPSA) is 117 Å². The molecule has 2 amide bonds. The van der Waals surface area contributed by atoms with Gasteiger partial charge >= 0.3 is 12.2 Å². The van der Waals surface area contributed by atoms with E-state index in [-0.39, 0.29) is 16.6 Å². The maximum absolute atomic E-state index is 12.6. The van der Waals surface area contributed by atoms with Crippen molar-refractivity contribution in [3.63, 3.8) is 0 Å². The average molecular weight is 429 g/mol. The first-order valence-electron chi connectivity index (χ1n) is 8.51. The summed E-state index contributed by atoms with van der Waals surface area (Å²) in [5, 5.41) is 10.3. The largest absolute Gasteiger partial charge is 0.417 e. The van der Waals surface area contributed by atoms with E-state index in [1.54, 1.807) is 4.90 Å². The molecule has 0 aliphatic carbocycles. The molecule has 1 atom stereocenters. The standard InChI is InChI=1S/C17H18F3N5O3S/c18-17(19,20)11-4-5-15(22-9-11)25-7-6-13(10-25)24-16(26)23-12-2-1-3-14(8-12)29(21,27)28/h1-5,8-9,13H,6-7,10H2,(H2,21,27,28)(H2,23,24,26)/t13-/m1/s1. The van der Waals surface area contributed by atoms with Crippen LogP contribution in [0, 0.1) is 0 Å². The van der Waals surface area contributed by atoms with E-state index in [1.165, 1.54) is 30.3 Å². The number of nitrogens with two attached hydrogens (primary N) is 1. The van der Waals surface area contributed by atoms with Crippen LogP contribution in [0.15, 0.2) is 47.5 Å². The summed E-state index contributed by atoms with van der Waals surface area (Å²) in [4.78, 5) is 17.7. The lowest BCUT2D eigenvalue weighted by Gasteiger charge is -2.18. The number of carbonyl (C=O) groups is 1. The van der Waals surface area contributed by atoms with Crippen molar-refractivity contribution in [3.8, 4) is 0 Å². The number of nitrogens with zero attached hydrogens (tertiary/aromatic N) is 2. The third-order valence-electron chi connectivity index (χ3n) is 4.34. The SMILES string of the molecule is NS(=O)(=O)c1cccc(NC(=O)N[C@@H]2CCN(c3ccc(C(F)(F)F)cn3)C2)c1. The van der Waals surface area contributed by atoms with Crippen LogP contribution in [0.25, 0.3) is 0 Å². The van der Waals surface area contributed by atoms with Gasteiger partial charge in [0.15, 0.2) is 0 Å². The van der Waals surface area contributed by atoms with Crippen LogP contribution < -0.4 is 20.7 Å². The monoisotopic (exact) mass is 429 g/mol. The van der Waals surface area contributed by atoms with Crippen LogP contribution in [-0.2, 0) is 16.2 Å². The minimum atomic E-state index is -4.45. The lowest BCUT2D eigenvalue weighted by Crippen LogP contribution is -2.39. The van der Waals surface area contributed by atoms with Crippen LogP contribution in [0.1, 0.15) is 12.0 Å². The predicted molar refractivity (Wildman–Crippen MR) is 99.8 cm³/mol. The highest BCUT2D eigenvalue weighted by atomic mass is 32.2. The Kier molecular flexibility index (Phi) is 5.66. The highest BCUT2D eigenvalue weighted by molar-refractivity contribution is 7.89. The number of urea groups is 1. The van der Waals surface area contributed by atoms with E-state index in [0.29, 0.717) is 25.3 Å². The number of halogens is 3. The summed E-state index contributed by atoms with van der Waals surface area (Å²) in [5.74, 6) is 0.392. The summed E-state index contributed by atoms with van der Waals surface area (Å²) in [6, 6.07) is 6.99. The second-order valence-corrected chi connectivity index (χ2v) is 8.07. The second kappa shape index (κ2) is 7.87. The number of amides is 2. The Morgan fingerprint density at radius 2 is 2.00 bits per heavy atom. The van der Waals surface area contributed by atoms with E-state index < -0.39 is 27.8 Å². The van der Waals surface area contributed by atoms with Crippen LogP contribution in [0.5, 0.6) is 0 Å². The van der Waals surface area contributed by atoms with Gasteiger partial charge in [0.2, 0.25) is 10.0 Å². The minimum Gasteiger partial charge on any atom is -0.354 e. The summed E-state index contributed by atoms with van der Waals surface area (Å²) < 4.78 is 60.6. The fourth-order valence-electron chi connectivity index (χ4n) is 2.93. The van der Waals surface area contributed by atoms with Gasteiger partial charge in [0.1, 0.15) is 5.82 Å². The molecular formula is C17H18F3N5O3S. The van der Waals surface area contributed by atoms with Gasteiger partial charge in [0, 0.05) is 31.0 Å². The van der Waals surface area contributed by atoms with Crippen molar-refractivity contribution >= 4 is 27.6 Å². The highest BCUT2D eigenvalue weighted by Gasteiger charge is 2.31. The van der Waals surface area contributed by atoms with E-state index in [9.17, 15) is 26.4 Å². The zero-order chi connectivity index (χ0) is 21.2. The summed E-state index contributed by atoms with van der Waals surface area (Å²) in [6.45, 7) is 0.896. The molecule has 0 bridgehead atoms. The van der Waals surface area contributed by atoms with Crippen LogP contribution in [0.4, 0.5) is 29.5 Å². The fourth-order valence-corrected chi connectivity index (χ4v) is 3.49. The Morgan fingerprint density at radius 3 is 2.62 bits per heavy atom. The molecule has 1 aliphatic heterocycles. The van der Waals surface area contributed by atoms with Crippen molar-refractivity contribution in [2.45, 2.75) is 23.5 Å². The summed E-state index contributed by atoms with van der Waals surface area (Å²) in [6.07, 6.45) is -3.09. The van der Waals surface area contributed by atoms with Crippen molar-refractivity contribution in [2.24, 2.45) is 5.14 Å². The molecular weight excluding hydrogens is 411 g/mol. The molecule has 1 aromatic carbocycles. The summed E-state index contributed by atoms with van der Waals surface area (Å²) in [5.41, 5.74) is -0.565. The molecule has 156 valence electrons. The molecule has 12 heteroatoms. The van der Waals surface area contributed by atoms with E-state index in [4.69, 9.17) is 5.14 Å². The lowest BCUT2D eigenvalue weighted by molar-refractivity contribution is -0.137. The van der Waals surface area contributed by atoms with Gasteiger partial charge in [-0.05, 0) is 36.8 Å². The van der Waals surface area contributed by atoms with Gasteiger partial charge in [0.05, 0.1) is 10.5 Å². The maximum atomic E-state index is 12.6. The molecule has 0 radical (unpaired) electrons. The number of pyridine rings is 1. The number of aromatic nitrogens is 1. The number of rotatable bonds is 4. The number of hydrogen-bond donors (Lipinski definition) is 3. The van der Waals surface area contributed by atoms with Crippen LogP contribution in [0.3, 0.4) is 0 Å².